The number of aromatic carboxylic acids is 2. The lowest BCUT2D eigenvalue weighted by Gasteiger charge is -2.06. The Labute approximate surface area is 157 Å². The normalized spacial score (nSPS) is 10.9. The number of aromatic nitrogens is 2. The Kier molecular flexibility index (Phi) is 4.04. The molecule has 0 bridgehead atoms. The molecule has 0 aliphatic rings. The average molecular weight is 372 g/mol. The van der Waals surface area contributed by atoms with Crippen LogP contribution in [0, 0.1) is 0 Å². The van der Waals surface area contributed by atoms with Crippen LogP contribution in [0.2, 0.25) is 0 Å². The molecule has 0 aliphatic heterocycles. The van der Waals surface area contributed by atoms with Crippen LogP contribution in [0.4, 0.5) is 0 Å². The van der Waals surface area contributed by atoms with E-state index < -0.39 is 11.9 Å². The van der Waals surface area contributed by atoms with E-state index in [1.807, 2.05) is 0 Å². The van der Waals surface area contributed by atoms with Crippen LogP contribution < -0.4 is 0 Å². The number of fused-ring (bicyclic) bond motifs is 2. The maximum atomic E-state index is 12.9. The zero-order valence-corrected chi connectivity index (χ0v) is 14.3. The van der Waals surface area contributed by atoms with Crippen LogP contribution in [-0.4, -0.2) is 37.9 Å². The lowest BCUT2D eigenvalue weighted by Crippen LogP contribution is -2.04. The number of ketones is 1. The lowest BCUT2D eigenvalue weighted by molar-refractivity contribution is 0.0680. The topological polar surface area (TPSA) is 117 Å². The Morgan fingerprint density at radius 3 is 1.43 bits per heavy atom. The van der Waals surface area contributed by atoms with Crippen LogP contribution in [0.3, 0.4) is 0 Å². The summed E-state index contributed by atoms with van der Waals surface area (Å²) < 4.78 is 0. The van der Waals surface area contributed by atoms with Gasteiger partial charge in [0.2, 0.25) is 0 Å². The van der Waals surface area contributed by atoms with Gasteiger partial charge in [0.15, 0.2) is 5.78 Å². The summed E-state index contributed by atoms with van der Waals surface area (Å²) in [4.78, 5) is 43.0. The average Bonchev–Trinajstić information content (AvgIpc) is 2.71. The molecule has 2 aromatic heterocycles. The van der Waals surface area contributed by atoms with Gasteiger partial charge in [0.25, 0.3) is 0 Å². The largest absolute Gasteiger partial charge is 0.477 e. The monoisotopic (exact) mass is 372 g/mol. The van der Waals surface area contributed by atoms with Crippen molar-refractivity contribution < 1.29 is 24.6 Å². The summed E-state index contributed by atoms with van der Waals surface area (Å²) in [6.07, 6.45) is 0. The molecule has 0 fully saturated rings. The summed E-state index contributed by atoms with van der Waals surface area (Å²) in [7, 11) is 0. The molecule has 2 N–H and O–H groups in total. The second-order valence-electron chi connectivity index (χ2n) is 6.15. The molecule has 2 aromatic carbocycles. The molecule has 2 heterocycles. The maximum absolute atomic E-state index is 12.9. The third kappa shape index (κ3) is 3.05. The van der Waals surface area contributed by atoms with E-state index in [0.29, 0.717) is 32.9 Å². The zero-order chi connectivity index (χ0) is 19.8. The highest BCUT2D eigenvalue weighted by Gasteiger charge is 2.13. The third-order valence-electron chi connectivity index (χ3n) is 4.34. The van der Waals surface area contributed by atoms with Gasteiger partial charge in [0.1, 0.15) is 11.4 Å². The van der Waals surface area contributed by atoms with E-state index in [4.69, 9.17) is 10.2 Å². The number of hydrogen-bond acceptors (Lipinski definition) is 5. The Morgan fingerprint density at radius 1 is 0.607 bits per heavy atom. The van der Waals surface area contributed by atoms with Gasteiger partial charge in [-0.05, 0) is 48.5 Å². The summed E-state index contributed by atoms with van der Waals surface area (Å²) in [6, 6.07) is 15.7. The van der Waals surface area contributed by atoms with Gasteiger partial charge in [0.05, 0.1) is 11.0 Å². The van der Waals surface area contributed by atoms with Crippen molar-refractivity contribution in [3.05, 3.63) is 83.2 Å². The minimum absolute atomic E-state index is 0.0608. The molecule has 0 amide bonds. The van der Waals surface area contributed by atoms with Gasteiger partial charge in [-0.25, -0.2) is 19.6 Å². The molecule has 0 aliphatic carbocycles. The van der Waals surface area contributed by atoms with Gasteiger partial charge in [-0.3, -0.25) is 4.79 Å². The zero-order valence-electron chi connectivity index (χ0n) is 14.3. The van der Waals surface area contributed by atoms with E-state index in [1.165, 1.54) is 12.1 Å². The summed E-state index contributed by atoms with van der Waals surface area (Å²) in [6.45, 7) is 0. The molecule has 0 radical (unpaired) electrons. The summed E-state index contributed by atoms with van der Waals surface area (Å²) in [5, 5.41) is 19.3. The molecule has 0 unspecified atom stereocenters. The van der Waals surface area contributed by atoms with Crippen molar-refractivity contribution in [3.8, 4) is 0 Å². The van der Waals surface area contributed by atoms with Crippen LogP contribution in [0.25, 0.3) is 21.8 Å². The SMILES string of the molecule is O=C(c1ccc2nc(C(=O)O)ccc2c1)c1ccc2nc(C(=O)O)ccc2c1. The van der Waals surface area contributed by atoms with E-state index >= 15 is 0 Å². The number of carboxylic acid groups (broad SMARTS) is 2. The van der Waals surface area contributed by atoms with Crippen molar-refractivity contribution in [1.29, 1.82) is 0 Å². The fraction of sp³-hybridized carbons (Fsp3) is 0. The molecular formula is C21H12N2O5. The minimum Gasteiger partial charge on any atom is -0.477 e. The first-order valence-electron chi connectivity index (χ1n) is 8.25. The van der Waals surface area contributed by atoms with Crippen LogP contribution in [0.15, 0.2) is 60.7 Å². The molecule has 0 spiro atoms. The van der Waals surface area contributed by atoms with Crippen molar-refractivity contribution in [3.63, 3.8) is 0 Å². The first-order valence-corrected chi connectivity index (χ1v) is 8.25. The van der Waals surface area contributed by atoms with Crippen molar-refractivity contribution in [1.82, 2.24) is 9.97 Å². The fourth-order valence-corrected chi connectivity index (χ4v) is 2.94. The molecule has 7 heteroatoms. The van der Waals surface area contributed by atoms with Crippen LogP contribution >= 0.6 is 0 Å². The second-order valence-corrected chi connectivity index (χ2v) is 6.15. The minimum atomic E-state index is -1.11. The highest BCUT2D eigenvalue weighted by Crippen LogP contribution is 2.21. The molecule has 4 rings (SSSR count). The predicted molar refractivity (Wildman–Crippen MR) is 101 cm³/mol. The lowest BCUT2D eigenvalue weighted by atomic mass is 10.00. The predicted octanol–water partition coefficient (Wildman–Crippen LogP) is 3.41. The highest BCUT2D eigenvalue weighted by molar-refractivity contribution is 6.12. The van der Waals surface area contributed by atoms with Crippen LogP contribution in [0.1, 0.15) is 36.9 Å². The smallest absolute Gasteiger partial charge is 0.354 e. The fourth-order valence-electron chi connectivity index (χ4n) is 2.94. The van der Waals surface area contributed by atoms with Gasteiger partial charge in [-0.15, -0.1) is 0 Å². The Hall–Kier alpha value is -4.13. The molecule has 4 aromatic rings. The number of carbonyl (C=O) groups is 3. The first kappa shape index (κ1) is 17.3. The standard InChI is InChI=1S/C21H12N2O5/c24-19(13-3-5-15-11(9-13)1-7-17(22-15)20(25)26)14-4-6-16-12(10-14)2-8-18(23-16)21(27)28/h1-10H,(H,25,26)(H,27,28). The number of rotatable bonds is 4. The molecule has 7 nitrogen and oxygen atoms in total. The quantitative estimate of drug-likeness (QED) is 0.527. The summed E-state index contributed by atoms with van der Waals surface area (Å²) in [5.74, 6) is -2.44. The molecule has 0 saturated heterocycles. The van der Waals surface area contributed by atoms with Gasteiger partial charge < -0.3 is 10.2 Å². The van der Waals surface area contributed by atoms with Gasteiger partial charge in [0, 0.05) is 21.9 Å². The van der Waals surface area contributed by atoms with Crippen LogP contribution in [0.5, 0.6) is 0 Å². The highest BCUT2D eigenvalue weighted by atomic mass is 16.4. The number of carboxylic acids is 2. The van der Waals surface area contributed by atoms with E-state index in [9.17, 15) is 14.4 Å². The van der Waals surface area contributed by atoms with Crippen molar-refractivity contribution >= 4 is 39.5 Å². The summed E-state index contributed by atoms with van der Waals surface area (Å²) >= 11 is 0. The maximum Gasteiger partial charge on any atom is 0.354 e. The molecule has 28 heavy (non-hydrogen) atoms. The molecule has 0 atom stereocenters. The Bertz CT molecular complexity index is 1200. The van der Waals surface area contributed by atoms with E-state index in [-0.39, 0.29) is 17.2 Å². The summed E-state index contributed by atoms with van der Waals surface area (Å²) in [5.41, 5.74) is 1.73. The van der Waals surface area contributed by atoms with E-state index in [2.05, 4.69) is 9.97 Å². The van der Waals surface area contributed by atoms with Crippen molar-refractivity contribution in [2.75, 3.05) is 0 Å². The van der Waals surface area contributed by atoms with Gasteiger partial charge in [-0.2, -0.15) is 0 Å². The van der Waals surface area contributed by atoms with Crippen LogP contribution in [-0.2, 0) is 0 Å². The van der Waals surface area contributed by atoms with Crippen molar-refractivity contribution in [2.45, 2.75) is 0 Å². The third-order valence-corrected chi connectivity index (χ3v) is 4.34. The van der Waals surface area contributed by atoms with E-state index in [1.54, 1.807) is 48.5 Å². The molecule has 136 valence electrons. The Morgan fingerprint density at radius 2 is 1.04 bits per heavy atom. The van der Waals surface area contributed by atoms with Crippen molar-refractivity contribution in [2.24, 2.45) is 0 Å². The number of hydrogen-bond donors (Lipinski definition) is 2. The molecular weight excluding hydrogens is 360 g/mol. The Balaban J connectivity index is 1.72. The first-order chi connectivity index (χ1) is 13.4. The van der Waals surface area contributed by atoms with Gasteiger partial charge in [-0.1, -0.05) is 12.1 Å². The number of carbonyl (C=O) groups excluding carboxylic acids is 1. The van der Waals surface area contributed by atoms with E-state index in [0.717, 1.165) is 0 Å². The van der Waals surface area contributed by atoms with Gasteiger partial charge >= 0.3 is 11.9 Å². The molecule has 0 saturated carbocycles. The number of benzene rings is 2. The number of pyridine rings is 2. The second kappa shape index (κ2) is 6.55. The number of nitrogens with zero attached hydrogens (tertiary/aromatic N) is 2.